The fraction of sp³-hybridized carbons (Fsp3) is 0.625. The lowest BCUT2D eigenvalue weighted by atomic mass is 9.87. The van der Waals surface area contributed by atoms with Gasteiger partial charge in [-0.05, 0) is 18.8 Å². The van der Waals surface area contributed by atoms with Crippen LogP contribution in [-0.4, -0.2) is 6.29 Å². The number of hydrogen-bond donors (Lipinski definition) is 0. The van der Waals surface area contributed by atoms with Gasteiger partial charge in [0.25, 0.3) is 0 Å². The average Bonchev–Trinajstić information content (AvgIpc) is 1.89. The van der Waals surface area contributed by atoms with E-state index < -0.39 is 0 Å². The summed E-state index contributed by atoms with van der Waals surface area (Å²) in [6.45, 7) is 2.13. The monoisotopic (exact) mass is 124 g/mol. The molecule has 0 saturated carbocycles. The Kier molecular flexibility index (Phi) is 2.04. The van der Waals surface area contributed by atoms with Crippen LogP contribution in [0.15, 0.2) is 12.2 Å². The van der Waals surface area contributed by atoms with Crippen molar-refractivity contribution < 1.29 is 4.79 Å². The van der Waals surface area contributed by atoms with Gasteiger partial charge in [0.2, 0.25) is 0 Å². The van der Waals surface area contributed by atoms with Gasteiger partial charge in [0, 0.05) is 5.92 Å². The molecule has 0 amide bonds. The highest BCUT2D eigenvalue weighted by Gasteiger charge is 2.15. The Bertz CT molecular complexity index is 127. The van der Waals surface area contributed by atoms with Crippen molar-refractivity contribution in [2.24, 2.45) is 11.8 Å². The predicted octanol–water partition coefficient (Wildman–Crippen LogP) is 1.79. The number of carbonyl (C=O) groups excluding carboxylic acids is 1. The molecule has 1 nitrogen and oxygen atoms in total. The highest BCUT2D eigenvalue weighted by Crippen LogP contribution is 2.21. The summed E-state index contributed by atoms with van der Waals surface area (Å²) < 4.78 is 0. The number of hydrogen-bond acceptors (Lipinski definition) is 1. The van der Waals surface area contributed by atoms with Gasteiger partial charge in [-0.15, -0.1) is 0 Å². The lowest BCUT2D eigenvalue weighted by molar-refractivity contribution is -0.111. The maximum atomic E-state index is 10.3. The zero-order valence-electron chi connectivity index (χ0n) is 5.71. The molecule has 50 valence electrons. The third kappa shape index (κ3) is 1.41. The first kappa shape index (κ1) is 6.53. The lowest BCUT2D eigenvalue weighted by Gasteiger charge is -2.17. The number of aldehydes is 1. The van der Waals surface area contributed by atoms with Crippen LogP contribution in [0.2, 0.25) is 0 Å². The van der Waals surface area contributed by atoms with E-state index in [1.54, 1.807) is 0 Å². The van der Waals surface area contributed by atoms with Gasteiger partial charge < -0.3 is 4.79 Å². The summed E-state index contributed by atoms with van der Waals surface area (Å²) in [6.07, 6.45) is 7.46. The Labute approximate surface area is 55.8 Å². The van der Waals surface area contributed by atoms with E-state index in [1.807, 2.05) is 6.08 Å². The van der Waals surface area contributed by atoms with Crippen molar-refractivity contribution in [3.63, 3.8) is 0 Å². The van der Waals surface area contributed by atoms with Crippen LogP contribution in [0.4, 0.5) is 0 Å². The van der Waals surface area contributed by atoms with E-state index in [1.165, 1.54) is 6.42 Å². The highest BCUT2D eigenvalue weighted by atomic mass is 16.1. The molecule has 0 saturated heterocycles. The second-order valence-electron chi connectivity index (χ2n) is 2.70. The largest absolute Gasteiger partial charge is 0.303 e. The molecule has 0 N–H and O–H groups in total. The van der Waals surface area contributed by atoms with Gasteiger partial charge in [-0.1, -0.05) is 19.1 Å². The van der Waals surface area contributed by atoms with Crippen molar-refractivity contribution in [3.8, 4) is 0 Å². The molecule has 2 atom stereocenters. The van der Waals surface area contributed by atoms with Crippen molar-refractivity contribution in [2.45, 2.75) is 19.8 Å². The molecule has 1 aliphatic carbocycles. The Hall–Kier alpha value is -0.590. The molecular weight excluding hydrogens is 112 g/mol. The number of rotatable bonds is 1. The molecule has 0 radical (unpaired) electrons. The molecule has 0 spiro atoms. The Morgan fingerprint density at radius 2 is 2.44 bits per heavy atom. The summed E-state index contributed by atoms with van der Waals surface area (Å²) >= 11 is 0. The zero-order valence-corrected chi connectivity index (χ0v) is 5.71. The van der Waals surface area contributed by atoms with Gasteiger partial charge in [0.05, 0.1) is 0 Å². The van der Waals surface area contributed by atoms with E-state index in [9.17, 15) is 4.79 Å². The predicted molar refractivity (Wildman–Crippen MR) is 37.1 cm³/mol. The van der Waals surface area contributed by atoms with Crippen LogP contribution in [0.5, 0.6) is 0 Å². The number of allylic oxidation sites excluding steroid dienone is 2. The molecule has 2 unspecified atom stereocenters. The van der Waals surface area contributed by atoms with E-state index in [2.05, 4.69) is 13.0 Å². The molecular formula is C8H12O. The molecule has 1 rings (SSSR count). The summed E-state index contributed by atoms with van der Waals surface area (Å²) in [6, 6.07) is 0. The smallest absolute Gasteiger partial charge is 0.127 e. The first-order valence-corrected chi connectivity index (χ1v) is 3.46. The third-order valence-electron chi connectivity index (χ3n) is 1.96. The summed E-state index contributed by atoms with van der Waals surface area (Å²) in [5.74, 6) is 0.756. The van der Waals surface area contributed by atoms with Gasteiger partial charge in [-0.2, -0.15) is 0 Å². The normalized spacial score (nSPS) is 34.3. The molecule has 0 bridgehead atoms. The first-order valence-electron chi connectivity index (χ1n) is 3.46. The van der Waals surface area contributed by atoms with Gasteiger partial charge in [0.1, 0.15) is 6.29 Å². The standard InChI is InChI=1S/C8H12O/c1-7-4-2-3-5-8(7)6-9/h3,5-8H,2,4H2,1H3. The van der Waals surface area contributed by atoms with E-state index in [-0.39, 0.29) is 5.92 Å². The third-order valence-corrected chi connectivity index (χ3v) is 1.96. The molecule has 0 aromatic heterocycles. The van der Waals surface area contributed by atoms with Crippen LogP contribution in [0, 0.1) is 11.8 Å². The van der Waals surface area contributed by atoms with Crippen LogP contribution in [-0.2, 0) is 4.79 Å². The average molecular weight is 124 g/mol. The van der Waals surface area contributed by atoms with Crippen molar-refractivity contribution in [1.29, 1.82) is 0 Å². The van der Waals surface area contributed by atoms with Crippen LogP contribution < -0.4 is 0 Å². The van der Waals surface area contributed by atoms with Gasteiger partial charge in [-0.3, -0.25) is 0 Å². The highest BCUT2D eigenvalue weighted by molar-refractivity contribution is 5.57. The minimum Gasteiger partial charge on any atom is -0.303 e. The fourth-order valence-corrected chi connectivity index (χ4v) is 1.17. The summed E-state index contributed by atoms with van der Waals surface area (Å²) in [5, 5.41) is 0. The molecule has 0 aromatic rings. The van der Waals surface area contributed by atoms with Crippen LogP contribution in [0.3, 0.4) is 0 Å². The minimum atomic E-state index is 0.193. The van der Waals surface area contributed by atoms with Crippen LogP contribution >= 0.6 is 0 Å². The summed E-state index contributed by atoms with van der Waals surface area (Å²) in [5.41, 5.74) is 0. The second kappa shape index (κ2) is 2.81. The Morgan fingerprint density at radius 3 is 2.89 bits per heavy atom. The molecule has 0 fully saturated rings. The second-order valence-corrected chi connectivity index (χ2v) is 2.70. The quantitative estimate of drug-likeness (QED) is 0.384. The topological polar surface area (TPSA) is 17.1 Å². The van der Waals surface area contributed by atoms with E-state index in [0.717, 1.165) is 12.7 Å². The van der Waals surface area contributed by atoms with Gasteiger partial charge in [-0.25, -0.2) is 0 Å². The van der Waals surface area contributed by atoms with Crippen molar-refractivity contribution in [1.82, 2.24) is 0 Å². The minimum absolute atomic E-state index is 0.193. The van der Waals surface area contributed by atoms with Gasteiger partial charge >= 0.3 is 0 Å². The van der Waals surface area contributed by atoms with Crippen molar-refractivity contribution in [2.75, 3.05) is 0 Å². The fourth-order valence-electron chi connectivity index (χ4n) is 1.17. The lowest BCUT2D eigenvalue weighted by Crippen LogP contribution is -2.13. The molecule has 1 heteroatoms. The Morgan fingerprint density at radius 1 is 1.67 bits per heavy atom. The van der Waals surface area contributed by atoms with E-state index >= 15 is 0 Å². The number of carbonyl (C=O) groups is 1. The van der Waals surface area contributed by atoms with Crippen molar-refractivity contribution >= 4 is 6.29 Å². The molecule has 0 heterocycles. The van der Waals surface area contributed by atoms with Gasteiger partial charge in [0.15, 0.2) is 0 Å². The zero-order chi connectivity index (χ0) is 6.69. The van der Waals surface area contributed by atoms with E-state index in [0.29, 0.717) is 5.92 Å². The molecule has 9 heavy (non-hydrogen) atoms. The van der Waals surface area contributed by atoms with Crippen LogP contribution in [0.1, 0.15) is 19.8 Å². The maximum absolute atomic E-state index is 10.3. The summed E-state index contributed by atoms with van der Waals surface area (Å²) in [7, 11) is 0. The molecule has 1 aliphatic rings. The first-order chi connectivity index (χ1) is 4.34. The Balaban J connectivity index is 2.56. The van der Waals surface area contributed by atoms with Crippen molar-refractivity contribution in [3.05, 3.63) is 12.2 Å². The molecule has 0 aliphatic heterocycles. The SMILES string of the molecule is CC1CCC=CC1C=O. The van der Waals surface area contributed by atoms with E-state index in [4.69, 9.17) is 0 Å². The summed E-state index contributed by atoms with van der Waals surface area (Å²) in [4.78, 5) is 10.3. The maximum Gasteiger partial charge on any atom is 0.127 e. The van der Waals surface area contributed by atoms with Crippen LogP contribution in [0.25, 0.3) is 0 Å². The molecule has 0 aromatic carbocycles.